The Balaban J connectivity index is 0.950. The fraction of sp³-hybridized carbons (Fsp3) is 0.551. The zero-order chi connectivity index (χ0) is 58.3. The molecule has 2 aromatic carbocycles. The SMILES string of the molecule is COC1C(C(=O)OCC(O)C(O)C(O)Cn2c3nc(=O)[nH]c(=O)c-3nc3cc(C)c(C)cc32)OC(OC2C(O)C(CO)O[C@H](C)C2N(C=O)OCC(O)C(O)C(O)Cn2c3nc(=O)[nH]c(=O)c-3nc3cc(C)c(C)cc32)C(O)C1O. The normalized spacial score (nSPS) is 25.8. The van der Waals surface area contributed by atoms with Crippen LogP contribution in [0.2, 0.25) is 0 Å². The Morgan fingerprint density at radius 1 is 0.700 bits per heavy atom. The Bertz CT molecular complexity index is 3410. The van der Waals surface area contributed by atoms with E-state index in [1.54, 1.807) is 52.0 Å². The van der Waals surface area contributed by atoms with Crippen LogP contribution in [0.3, 0.4) is 0 Å². The monoisotopic (exact) mass is 1130 g/mol. The molecule has 80 heavy (non-hydrogen) atoms. The number of carbonyl (C=O) groups excluding carboxylic acids is 2. The maximum Gasteiger partial charge on any atom is 0.349 e. The summed E-state index contributed by atoms with van der Waals surface area (Å²) in [6.45, 7) is 4.50. The second kappa shape index (κ2) is 24.2. The fourth-order valence-corrected chi connectivity index (χ4v) is 9.71. The first kappa shape index (κ1) is 59.5. The van der Waals surface area contributed by atoms with Crippen LogP contribution in [0.15, 0.2) is 43.4 Å². The van der Waals surface area contributed by atoms with E-state index in [2.05, 4.69) is 19.9 Å². The number of nitrogens with one attached hydrogen (secondary N) is 2. The summed E-state index contributed by atoms with van der Waals surface area (Å²) in [5.41, 5.74) is -0.0421. The standard InChI is InChI=1S/C49H61N9O22/c1-17-7-22-24(9-19(17)3)56(42-31(50-22)44(70)54-48(73)52-42)11-26(61)34(65)28(63)14-76-46(72)41-40(75-6)37(68)38(69)47(80-41)79-39-33(21(5)78-30(13-59)36(39)67)58(16-60)77-15-29(64)35(66)27(62)12-57-25-10-20(4)18(2)8-23(25)51-32-43(57)53-49(74)55-45(32)71/h7-10,16,21,26-30,33-41,47,59,61-69H,11-15H2,1-6H3,(H,54,70,73)(H,55,71,74)/t21-,26?,27?,28?,29?,30?,33?,34?,35?,36?,37?,38?,39?,40?,41?,47?/m1/s1. The van der Waals surface area contributed by atoms with Crippen LogP contribution in [-0.2, 0) is 51.2 Å². The van der Waals surface area contributed by atoms with E-state index in [0.717, 1.165) is 29.4 Å². The topological polar surface area (TPSA) is 456 Å². The van der Waals surface area contributed by atoms with Gasteiger partial charge in [-0.05, 0) is 81.1 Å². The molecule has 0 aromatic heterocycles. The second-order valence-corrected chi connectivity index (χ2v) is 19.8. The van der Waals surface area contributed by atoms with Crippen LogP contribution in [-0.4, -0.2) is 232 Å². The number of ether oxygens (including phenoxy) is 5. The Hall–Kier alpha value is -6.66. The minimum atomic E-state index is -2.12. The molecule has 6 aliphatic rings. The highest BCUT2D eigenvalue weighted by Crippen LogP contribution is 2.33. The highest BCUT2D eigenvalue weighted by atomic mass is 16.7. The van der Waals surface area contributed by atoms with Gasteiger partial charge in [-0.3, -0.25) is 29.2 Å². The van der Waals surface area contributed by atoms with Gasteiger partial charge in [0.15, 0.2) is 35.4 Å². The van der Waals surface area contributed by atoms with Crippen molar-refractivity contribution in [1.82, 2.24) is 44.1 Å². The smallest absolute Gasteiger partial charge is 0.349 e. The van der Waals surface area contributed by atoms with Gasteiger partial charge >= 0.3 is 17.3 Å². The van der Waals surface area contributed by atoms with E-state index in [4.69, 9.17) is 28.5 Å². The predicted octanol–water partition coefficient (Wildman–Crippen LogP) is -6.13. The van der Waals surface area contributed by atoms with Gasteiger partial charge < -0.3 is 83.9 Å². The van der Waals surface area contributed by atoms with Gasteiger partial charge in [-0.25, -0.2) is 29.4 Å². The van der Waals surface area contributed by atoms with Crippen molar-refractivity contribution in [2.75, 3.05) is 26.9 Å². The van der Waals surface area contributed by atoms with Gasteiger partial charge in [-0.1, -0.05) is 0 Å². The zero-order valence-electron chi connectivity index (χ0n) is 43.7. The van der Waals surface area contributed by atoms with Gasteiger partial charge in [0.05, 0.1) is 47.9 Å². The van der Waals surface area contributed by atoms with Crippen molar-refractivity contribution in [2.45, 2.75) is 145 Å². The van der Waals surface area contributed by atoms with Crippen molar-refractivity contribution >= 4 is 34.4 Å². The number of rotatable bonds is 20. The number of esters is 1. The van der Waals surface area contributed by atoms with E-state index < -0.39 is 159 Å². The Labute approximate surface area is 450 Å². The molecule has 0 radical (unpaired) electrons. The van der Waals surface area contributed by atoms with Crippen LogP contribution in [0.4, 0.5) is 0 Å². The first-order valence-electron chi connectivity index (χ1n) is 25.0. The molecule has 0 saturated carbocycles. The molecule has 2 fully saturated rings. The first-order chi connectivity index (χ1) is 37.9. The van der Waals surface area contributed by atoms with E-state index >= 15 is 0 Å². The van der Waals surface area contributed by atoms with Crippen molar-refractivity contribution in [3.63, 3.8) is 0 Å². The number of H-pyrrole nitrogens is 2. The van der Waals surface area contributed by atoms with Crippen LogP contribution in [0.25, 0.3) is 45.1 Å². The number of benzene rings is 2. The summed E-state index contributed by atoms with van der Waals surface area (Å²) < 4.78 is 30.5. The number of hydrogen-bond donors (Lipinski definition) is 12. The number of nitrogens with zero attached hydrogens (tertiary/aromatic N) is 7. The minimum Gasteiger partial charge on any atom is -0.461 e. The largest absolute Gasteiger partial charge is 0.461 e. The summed E-state index contributed by atoms with van der Waals surface area (Å²) >= 11 is 0. The van der Waals surface area contributed by atoms with Gasteiger partial charge in [0.2, 0.25) is 6.41 Å². The van der Waals surface area contributed by atoms with Gasteiger partial charge in [0, 0.05) is 7.11 Å². The molecule has 31 nitrogen and oxygen atoms in total. The molecule has 15 unspecified atom stereocenters. The van der Waals surface area contributed by atoms with Crippen molar-refractivity contribution in [3.05, 3.63) is 88.2 Å². The summed E-state index contributed by atoms with van der Waals surface area (Å²) in [5.74, 6) is -1.87. The summed E-state index contributed by atoms with van der Waals surface area (Å²) in [6.07, 6.45) is -28.3. The average Bonchev–Trinajstić information content (AvgIpc) is 3.41. The van der Waals surface area contributed by atoms with Crippen LogP contribution >= 0.6 is 0 Å². The molecule has 0 spiro atoms. The summed E-state index contributed by atoms with van der Waals surface area (Å²) in [5, 5.41) is 112. The molecule has 2 aromatic rings. The molecule has 2 saturated heterocycles. The minimum absolute atomic E-state index is 0.0640. The van der Waals surface area contributed by atoms with Crippen LogP contribution < -0.4 is 22.5 Å². The third-order valence-electron chi connectivity index (χ3n) is 14.4. The molecule has 31 heteroatoms. The third-order valence-corrected chi connectivity index (χ3v) is 14.4. The lowest BCUT2D eigenvalue weighted by Gasteiger charge is -2.48. The van der Waals surface area contributed by atoms with Crippen molar-refractivity contribution in [3.8, 4) is 23.0 Å². The molecular weight excluding hydrogens is 1070 g/mol. The molecule has 6 heterocycles. The van der Waals surface area contributed by atoms with Gasteiger partial charge in [-0.2, -0.15) is 9.97 Å². The number of aromatic nitrogens is 8. The van der Waals surface area contributed by atoms with E-state index in [9.17, 15) is 79.8 Å². The number of amides is 1. The number of hydroxylamine groups is 2. The van der Waals surface area contributed by atoms with E-state index in [-0.39, 0.29) is 40.5 Å². The van der Waals surface area contributed by atoms with Crippen molar-refractivity contribution in [1.29, 1.82) is 0 Å². The number of aliphatic hydroxyl groups excluding tert-OH is 10. The number of fused-ring (bicyclic) bond motifs is 4. The lowest BCUT2D eigenvalue weighted by atomic mass is 9.92. The number of aryl methyl sites for hydroxylation is 4. The quantitative estimate of drug-likeness (QED) is 0.0146. The van der Waals surface area contributed by atoms with Crippen LogP contribution in [0.5, 0.6) is 0 Å². The molecule has 1 amide bonds. The molecule has 0 aliphatic carbocycles. The van der Waals surface area contributed by atoms with Gasteiger partial charge in [0.1, 0.15) is 92.5 Å². The summed E-state index contributed by atoms with van der Waals surface area (Å²) in [4.78, 5) is 103. The predicted molar refractivity (Wildman–Crippen MR) is 269 cm³/mol. The number of aliphatic hydroxyl groups is 10. The van der Waals surface area contributed by atoms with Crippen LogP contribution in [0, 0.1) is 27.7 Å². The van der Waals surface area contributed by atoms with E-state index in [1.165, 1.54) is 16.1 Å². The second-order valence-electron chi connectivity index (χ2n) is 19.8. The molecule has 16 atom stereocenters. The Morgan fingerprint density at radius 2 is 1.19 bits per heavy atom. The van der Waals surface area contributed by atoms with Gasteiger partial charge in [0.25, 0.3) is 11.1 Å². The Kier molecular flexibility index (Phi) is 18.0. The maximum atomic E-state index is 13.7. The summed E-state index contributed by atoms with van der Waals surface area (Å²) in [6, 6.07) is 5.03. The molecule has 0 bridgehead atoms. The lowest BCUT2D eigenvalue weighted by Crippen LogP contribution is -2.67. The average molecular weight is 1130 g/mol. The Morgan fingerprint density at radius 3 is 1.66 bits per heavy atom. The van der Waals surface area contributed by atoms with Crippen molar-refractivity contribution in [2.24, 2.45) is 0 Å². The number of carbonyl (C=O) groups is 2. The fourth-order valence-electron chi connectivity index (χ4n) is 9.71. The van der Waals surface area contributed by atoms with Gasteiger partial charge in [-0.15, -0.1) is 0 Å². The maximum absolute atomic E-state index is 13.7. The molecule has 8 rings (SSSR count). The summed E-state index contributed by atoms with van der Waals surface area (Å²) in [7, 11) is 1.04. The van der Waals surface area contributed by atoms with E-state index in [0.29, 0.717) is 16.1 Å². The molecular formula is C49H61N9O22. The zero-order valence-corrected chi connectivity index (χ0v) is 43.7. The van der Waals surface area contributed by atoms with Crippen molar-refractivity contribution < 1.29 is 89.2 Å². The van der Waals surface area contributed by atoms with Crippen LogP contribution in [0.1, 0.15) is 29.2 Å². The number of hydrogen-bond acceptors (Lipinski definition) is 26. The number of aromatic amines is 2. The highest BCUT2D eigenvalue weighted by molar-refractivity contribution is 5.82. The number of methoxy groups -OCH3 is 1. The lowest BCUT2D eigenvalue weighted by molar-refractivity contribution is -0.344. The molecule has 434 valence electrons. The first-order valence-corrected chi connectivity index (χ1v) is 25.0. The molecule has 6 aliphatic heterocycles. The highest BCUT2D eigenvalue weighted by Gasteiger charge is 2.54. The van der Waals surface area contributed by atoms with E-state index in [1.807, 2.05) is 9.97 Å². The third kappa shape index (κ3) is 11.7. The molecule has 12 N–H and O–H groups in total.